The fraction of sp³-hybridized carbons (Fsp3) is 0.200. The maximum atomic E-state index is 5.52. The maximum Gasteiger partial charge on any atom is 0.231 e. The monoisotopic (exact) mass is 288 g/mol. The fourth-order valence-electron chi connectivity index (χ4n) is 2.10. The second-order valence-corrected chi connectivity index (χ2v) is 4.44. The fourth-order valence-corrected chi connectivity index (χ4v) is 2.10. The SMILES string of the molecule is c1cc2c(cc1OCOc1ccc3c(c1)OCO3)OCO2. The van der Waals surface area contributed by atoms with E-state index in [2.05, 4.69) is 0 Å². The molecule has 2 aliphatic heterocycles. The van der Waals surface area contributed by atoms with Crippen molar-refractivity contribution in [2.24, 2.45) is 0 Å². The van der Waals surface area contributed by atoms with Crippen LogP contribution >= 0.6 is 0 Å². The molecule has 0 spiro atoms. The van der Waals surface area contributed by atoms with Gasteiger partial charge in [-0.15, -0.1) is 0 Å². The van der Waals surface area contributed by atoms with Crippen LogP contribution in [0.5, 0.6) is 34.5 Å². The van der Waals surface area contributed by atoms with E-state index in [1.165, 1.54) is 0 Å². The Bertz CT molecular complexity index is 612. The topological polar surface area (TPSA) is 55.4 Å². The van der Waals surface area contributed by atoms with Crippen LogP contribution in [0.3, 0.4) is 0 Å². The van der Waals surface area contributed by atoms with Crippen molar-refractivity contribution >= 4 is 0 Å². The van der Waals surface area contributed by atoms with Crippen molar-refractivity contribution in [2.75, 3.05) is 20.4 Å². The Kier molecular flexibility index (Phi) is 2.85. The van der Waals surface area contributed by atoms with E-state index in [0.29, 0.717) is 23.0 Å². The number of hydrogen-bond donors (Lipinski definition) is 0. The van der Waals surface area contributed by atoms with Gasteiger partial charge in [-0.3, -0.25) is 0 Å². The number of ether oxygens (including phenoxy) is 6. The van der Waals surface area contributed by atoms with Crippen LogP contribution in [0.2, 0.25) is 0 Å². The van der Waals surface area contributed by atoms with Gasteiger partial charge in [-0.25, -0.2) is 0 Å². The highest BCUT2D eigenvalue weighted by Gasteiger charge is 2.15. The van der Waals surface area contributed by atoms with Gasteiger partial charge in [-0.05, 0) is 24.3 Å². The lowest BCUT2D eigenvalue weighted by atomic mass is 10.3. The van der Waals surface area contributed by atoms with E-state index in [9.17, 15) is 0 Å². The Morgan fingerprint density at radius 3 is 1.67 bits per heavy atom. The van der Waals surface area contributed by atoms with Crippen molar-refractivity contribution in [1.29, 1.82) is 0 Å². The van der Waals surface area contributed by atoms with Crippen molar-refractivity contribution in [3.63, 3.8) is 0 Å². The van der Waals surface area contributed by atoms with Crippen LogP contribution in [-0.4, -0.2) is 20.4 Å². The van der Waals surface area contributed by atoms with Gasteiger partial charge in [0, 0.05) is 12.1 Å². The highest BCUT2D eigenvalue weighted by molar-refractivity contribution is 5.47. The quantitative estimate of drug-likeness (QED) is 0.806. The van der Waals surface area contributed by atoms with Crippen molar-refractivity contribution < 1.29 is 28.4 Å². The lowest BCUT2D eigenvalue weighted by Gasteiger charge is -2.09. The first kappa shape index (κ1) is 12.0. The molecule has 0 saturated carbocycles. The summed E-state index contributed by atoms with van der Waals surface area (Å²) in [4.78, 5) is 0. The predicted octanol–water partition coefficient (Wildman–Crippen LogP) is 2.56. The zero-order valence-corrected chi connectivity index (χ0v) is 11.0. The third-order valence-electron chi connectivity index (χ3n) is 3.14. The normalized spacial score (nSPS) is 14.1. The van der Waals surface area contributed by atoms with E-state index < -0.39 is 0 Å². The van der Waals surface area contributed by atoms with Crippen molar-refractivity contribution in [1.82, 2.24) is 0 Å². The summed E-state index contributed by atoms with van der Waals surface area (Å²) in [5.74, 6) is 4.10. The van der Waals surface area contributed by atoms with E-state index in [0.717, 1.165) is 11.5 Å². The number of hydrogen-bond acceptors (Lipinski definition) is 6. The third-order valence-corrected chi connectivity index (χ3v) is 3.14. The van der Waals surface area contributed by atoms with E-state index >= 15 is 0 Å². The van der Waals surface area contributed by atoms with Gasteiger partial charge in [0.2, 0.25) is 20.4 Å². The van der Waals surface area contributed by atoms with Crippen molar-refractivity contribution in [3.8, 4) is 34.5 Å². The number of fused-ring (bicyclic) bond motifs is 2. The molecule has 108 valence electrons. The van der Waals surface area contributed by atoms with E-state index in [1.54, 1.807) is 36.4 Å². The minimum absolute atomic E-state index is 0.0826. The van der Waals surface area contributed by atoms with Crippen molar-refractivity contribution in [2.45, 2.75) is 0 Å². The smallest absolute Gasteiger partial charge is 0.231 e. The second kappa shape index (κ2) is 4.97. The molecule has 0 aliphatic carbocycles. The summed E-state index contributed by atoms with van der Waals surface area (Å²) in [6.07, 6.45) is 0. The summed E-state index contributed by atoms with van der Waals surface area (Å²) in [6, 6.07) is 10.8. The summed E-state index contributed by atoms with van der Waals surface area (Å²) in [6.45, 7) is 0.568. The molecule has 0 unspecified atom stereocenters. The first-order valence-corrected chi connectivity index (χ1v) is 6.43. The minimum atomic E-state index is 0.0826. The summed E-state index contributed by atoms with van der Waals surface area (Å²) in [7, 11) is 0. The Balaban J connectivity index is 1.37. The van der Waals surface area contributed by atoms with Crippen LogP contribution in [0.1, 0.15) is 0 Å². The molecule has 2 aliphatic rings. The molecule has 21 heavy (non-hydrogen) atoms. The Morgan fingerprint density at radius 1 is 0.667 bits per heavy atom. The molecule has 0 bridgehead atoms. The highest BCUT2D eigenvalue weighted by Crippen LogP contribution is 2.36. The Labute approximate surface area is 120 Å². The molecular weight excluding hydrogens is 276 g/mol. The summed E-state index contributed by atoms with van der Waals surface area (Å²) < 4.78 is 32.1. The van der Waals surface area contributed by atoms with Gasteiger partial charge >= 0.3 is 0 Å². The van der Waals surface area contributed by atoms with Crippen LogP contribution in [0.25, 0.3) is 0 Å². The Hall–Kier alpha value is -2.76. The second-order valence-electron chi connectivity index (χ2n) is 4.44. The summed E-state index contributed by atoms with van der Waals surface area (Å²) in [5, 5.41) is 0. The lowest BCUT2D eigenvalue weighted by molar-refractivity contribution is 0.119. The molecule has 0 aromatic heterocycles. The highest BCUT2D eigenvalue weighted by atomic mass is 16.7. The zero-order chi connectivity index (χ0) is 14.1. The molecule has 6 heteroatoms. The largest absolute Gasteiger partial charge is 0.457 e. The third kappa shape index (κ3) is 2.35. The van der Waals surface area contributed by atoms with Gasteiger partial charge in [0.1, 0.15) is 11.5 Å². The molecule has 0 atom stereocenters. The molecule has 4 rings (SSSR count). The van der Waals surface area contributed by atoms with Gasteiger partial charge < -0.3 is 28.4 Å². The number of benzene rings is 2. The van der Waals surface area contributed by atoms with Gasteiger partial charge in [0.25, 0.3) is 0 Å². The molecule has 0 fully saturated rings. The van der Waals surface area contributed by atoms with Gasteiger partial charge in [0.05, 0.1) is 0 Å². The zero-order valence-electron chi connectivity index (χ0n) is 11.0. The Morgan fingerprint density at radius 2 is 1.14 bits per heavy atom. The first-order valence-electron chi connectivity index (χ1n) is 6.43. The van der Waals surface area contributed by atoms with Crippen molar-refractivity contribution in [3.05, 3.63) is 36.4 Å². The van der Waals surface area contributed by atoms with Crippen LogP contribution in [0, 0.1) is 0 Å². The maximum absolute atomic E-state index is 5.52. The summed E-state index contributed by atoms with van der Waals surface area (Å²) >= 11 is 0. The van der Waals surface area contributed by atoms with E-state index in [4.69, 9.17) is 28.4 Å². The first-order chi connectivity index (χ1) is 10.4. The minimum Gasteiger partial charge on any atom is -0.457 e. The molecule has 6 nitrogen and oxygen atoms in total. The summed E-state index contributed by atoms with van der Waals surface area (Å²) in [5.41, 5.74) is 0. The predicted molar refractivity (Wildman–Crippen MR) is 71.3 cm³/mol. The molecule has 0 amide bonds. The standard InChI is InChI=1S/C15H12O6/c1-3-12-14(20-8-18-12)5-10(1)16-7-17-11-2-4-13-15(6-11)21-9-19-13/h1-6H,7-9H2. The van der Waals surface area contributed by atoms with Crippen LogP contribution < -0.4 is 28.4 Å². The van der Waals surface area contributed by atoms with Crippen LogP contribution in [0.4, 0.5) is 0 Å². The van der Waals surface area contributed by atoms with Gasteiger partial charge in [0.15, 0.2) is 23.0 Å². The van der Waals surface area contributed by atoms with Crippen LogP contribution in [-0.2, 0) is 0 Å². The van der Waals surface area contributed by atoms with Gasteiger partial charge in [-0.2, -0.15) is 0 Å². The lowest BCUT2D eigenvalue weighted by Crippen LogP contribution is -2.05. The molecular formula is C15H12O6. The average molecular weight is 288 g/mol. The molecule has 0 N–H and O–H groups in total. The van der Waals surface area contributed by atoms with Crippen LogP contribution in [0.15, 0.2) is 36.4 Å². The molecule has 2 aromatic carbocycles. The van der Waals surface area contributed by atoms with E-state index in [1.807, 2.05) is 0 Å². The van der Waals surface area contributed by atoms with Gasteiger partial charge in [-0.1, -0.05) is 0 Å². The molecule has 0 radical (unpaired) electrons. The molecule has 2 aromatic rings. The molecule has 0 saturated heterocycles. The number of rotatable bonds is 4. The average Bonchev–Trinajstić information content (AvgIpc) is 3.14. The van der Waals surface area contributed by atoms with E-state index in [-0.39, 0.29) is 20.4 Å². The molecule has 2 heterocycles.